The molecule has 16 nitrogen and oxygen atoms in total. The van der Waals surface area contributed by atoms with E-state index in [0.717, 1.165) is 0 Å². The average molecular weight is 600 g/mol. The predicted octanol–water partition coefficient (Wildman–Crippen LogP) is -2.23. The summed E-state index contributed by atoms with van der Waals surface area (Å²) in [4.78, 5) is 78.3. The first-order valence-corrected chi connectivity index (χ1v) is 14.0. The lowest BCUT2D eigenvalue weighted by molar-refractivity contribution is -0.142. The number of carbonyl (C=O) groups is 6. The van der Waals surface area contributed by atoms with Gasteiger partial charge < -0.3 is 49.3 Å². The van der Waals surface area contributed by atoms with Gasteiger partial charge >= 0.3 is 5.97 Å². The predicted molar refractivity (Wildman–Crippen MR) is 156 cm³/mol. The average Bonchev–Trinajstić information content (AvgIpc) is 2.86. The molecule has 0 aliphatic heterocycles. The lowest BCUT2D eigenvalue weighted by atomic mass is 10.0. The highest BCUT2D eigenvalue weighted by molar-refractivity contribution is 5.95. The number of carboxylic acid groups (broad SMARTS) is 1. The summed E-state index contributed by atoms with van der Waals surface area (Å²) in [5.41, 5.74) is 21.7. The third kappa shape index (κ3) is 16.3. The molecule has 0 fully saturated rings. The summed E-state index contributed by atoms with van der Waals surface area (Å²) >= 11 is 0. The van der Waals surface area contributed by atoms with E-state index in [0.29, 0.717) is 6.42 Å². The van der Waals surface area contributed by atoms with Gasteiger partial charge in [-0.2, -0.15) is 0 Å². The molecule has 0 spiro atoms. The van der Waals surface area contributed by atoms with Gasteiger partial charge in [0, 0.05) is 13.0 Å². The molecule has 0 unspecified atom stereocenters. The Labute approximate surface area is 246 Å². The fourth-order valence-electron chi connectivity index (χ4n) is 3.86. The second kappa shape index (κ2) is 19.2. The molecule has 0 saturated carbocycles. The Bertz CT molecular complexity index is 968. The summed E-state index contributed by atoms with van der Waals surface area (Å²) < 4.78 is 0. The van der Waals surface area contributed by atoms with Crippen molar-refractivity contribution in [2.75, 3.05) is 6.54 Å². The number of primary amides is 1. The van der Waals surface area contributed by atoms with Gasteiger partial charge in [0.05, 0.1) is 6.04 Å². The molecule has 0 aromatic rings. The first-order chi connectivity index (χ1) is 19.4. The van der Waals surface area contributed by atoms with E-state index in [1.807, 2.05) is 27.7 Å². The van der Waals surface area contributed by atoms with Crippen LogP contribution in [0, 0.1) is 11.8 Å². The van der Waals surface area contributed by atoms with Crippen LogP contribution in [0.3, 0.4) is 0 Å². The van der Waals surface area contributed by atoms with Crippen LogP contribution >= 0.6 is 0 Å². The van der Waals surface area contributed by atoms with Crippen molar-refractivity contribution in [1.82, 2.24) is 21.3 Å². The van der Waals surface area contributed by atoms with E-state index in [-0.39, 0.29) is 56.4 Å². The van der Waals surface area contributed by atoms with Gasteiger partial charge in [-0.15, -0.1) is 0 Å². The Morgan fingerprint density at radius 3 is 1.71 bits per heavy atom. The minimum Gasteiger partial charge on any atom is -0.480 e. The van der Waals surface area contributed by atoms with Crippen LogP contribution in [0.15, 0.2) is 4.99 Å². The van der Waals surface area contributed by atoms with Gasteiger partial charge in [-0.25, -0.2) is 4.79 Å². The zero-order valence-corrected chi connectivity index (χ0v) is 25.1. The molecule has 0 aliphatic carbocycles. The highest BCUT2D eigenvalue weighted by Crippen LogP contribution is 2.09. The van der Waals surface area contributed by atoms with Gasteiger partial charge in [-0.1, -0.05) is 27.7 Å². The van der Waals surface area contributed by atoms with Crippen molar-refractivity contribution >= 4 is 41.5 Å². The number of hydrogen-bond donors (Lipinski definition) is 9. The Morgan fingerprint density at radius 1 is 0.690 bits per heavy atom. The standard InChI is InChI=1S/C26H49N9O7/c1-13(2)11-16(27)22(38)33-17(8-9-20(28)36)23(39)35-19(12-14(3)4)24(40)32-15(5)21(37)34-18(25(41)42)7-6-10-31-26(29)30/h13-19H,6-12,27H2,1-5H3,(H2,28,36)(H,32,40)(H,33,38)(H,34,37)(H,35,39)(H,41,42)(H4,29,30,31)/t15-,16-,17-,18-,19-/m0/s1. The molecule has 0 radical (unpaired) electrons. The zero-order chi connectivity index (χ0) is 32.6. The van der Waals surface area contributed by atoms with Crippen LogP contribution in [0.1, 0.15) is 73.1 Å². The van der Waals surface area contributed by atoms with E-state index in [1.54, 1.807) is 0 Å². The van der Waals surface area contributed by atoms with Crippen molar-refractivity contribution in [3.05, 3.63) is 0 Å². The number of nitrogens with zero attached hydrogens (tertiary/aromatic N) is 1. The Hall–Kier alpha value is -3.95. The molecule has 5 amide bonds. The number of nitrogens with two attached hydrogens (primary N) is 4. The molecule has 5 atom stereocenters. The second-order valence-electron chi connectivity index (χ2n) is 11.1. The maximum absolute atomic E-state index is 13.2. The molecule has 42 heavy (non-hydrogen) atoms. The topological polar surface area (TPSA) is 287 Å². The van der Waals surface area contributed by atoms with E-state index in [4.69, 9.17) is 22.9 Å². The zero-order valence-electron chi connectivity index (χ0n) is 25.1. The minimum absolute atomic E-state index is 0.0454. The smallest absolute Gasteiger partial charge is 0.326 e. The molecular weight excluding hydrogens is 550 g/mol. The number of carboxylic acids is 1. The van der Waals surface area contributed by atoms with Crippen LogP contribution in [0.25, 0.3) is 0 Å². The maximum Gasteiger partial charge on any atom is 0.326 e. The van der Waals surface area contributed by atoms with Crippen LogP contribution < -0.4 is 44.2 Å². The number of aliphatic imine (C=N–C) groups is 1. The lowest BCUT2D eigenvalue weighted by Crippen LogP contribution is -2.58. The van der Waals surface area contributed by atoms with Gasteiger partial charge in [0.1, 0.15) is 24.2 Å². The fraction of sp³-hybridized carbons (Fsp3) is 0.731. The van der Waals surface area contributed by atoms with Crippen molar-refractivity contribution in [3.8, 4) is 0 Å². The maximum atomic E-state index is 13.2. The highest BCUT2D eigenvalue weighted by Gasteiger charge is 2.31. The number of carbonyl (C=O) groups excluding carboxylic acids is 5. The molecule has 0 aliphatic rings. The van der Waals surface area contributed by atoms with Crippen molar-refractivity contribution in [2.45, 2.75) is 103 Å². The molecule has 240 valence electrons. The summed E-state index contributed by atoms with van der Waals surface area (Å²) in [6, 6.07) is -5.58. The molecule has 0 bridgehead atoms. The molecular formula is C26H49N9O7. The van der Waals surface area contributed by atoms with Gasteiger partial charge in [0.2, 0.25) is 29.5 Å². The summed E-state index contributed by atoms with van der Waals surface area (Å²) in [6.45, 7) is 8.95. The van der Waals surface area contributed by atoms with Gasteiger partial charge in [0.15, 0.2) is 5.96 Å². The first-order valence-electron chi connectivity index (χ1n) is 14.0. The molecule has 0 saturated heterocycles. The number of amides is 5. The van der Waals surface area contributed by atoms with Crippen molar-refractivity contribution in [3.63, 3.8) is 0 Å². The minimum atomic E-state index is -1.27. The van der Waals surface area contributed by atoms with Crippen LogP contribution in [0.2, 0.25) is 0 Å². The van der Waals surface area contributed by atoms with Crippen LogP contribution in [-0.2, 0) is 28.8 Å². The number of guanidine groups is 1. The second-order valence-corrected chi connectivity index (χ2v) is 11.1. The molecule has 13 N–H and O–H groups in total. The number of rotatable bonds is 20. The van der Waals surface area contributed by atoms with Crippen LogP contribution in [-0.4, -0.2) is 83.3 Å². The summed E-state index contributed by atoms with van der Waals surface area (Å²) in [5.74, 6) is -4.80. The Balaban J connectivity index is 5.51. The fourth-order valence-corrected chi connectivity index (χ4v) is 3.86. The largest absolute Gasteiger partial charge is 0.480 e. The van der Waals surface area contributed by atoms with E-state index >= 15 is 0 Å². The summed E-state index contributed by atoms with van der Waals surface area (Å²) in [7, 11) is 0. The van der Waals surface area contributed by atoms with Crippen LogP contribution in [0.4, 0.5) is 0 Å². The van der Waals surface area contributed by atoms with E-state index in [9.17, 15) is 33.9 Å². The van der Waals surface area contributed by atoms with Gasteiger partial charge in [0.25, 0.3) is 0 Å². The third-order valence-corrected chi connectivity index (χ3v) is 6.03. The number of nitrogens with one attached hydrogen (secondary N) is 4. The first kappa shape index (κ1) is 38.0. The van der Waals surface area contributed by atoms with Crippen molar-refractivity contribution < 1.29 is 33.9 Å². The lowest BCUT2D eigenvalue weighted by Gasteiger charge is -2.26. The van der Waals surface area contributed by atoms with E-state index in [1.165, 1.54) is 6.92 Å². The molecule has 0 rings (SSSR count). The SMILES string of the molecule is CC(C)C[C@H](NC(=O)[C@H](CCC(N)=O)NC(=O)[C@@H](N)CC(C)C)C(=O)N[C@@H](C)C(=O)N[C@@H](CCCN=C(N)N)C(=O)O. The van der Waals surface area contributed by atoms with E-state index in [2.05, 4.69) is 26.3 Å². The van der Waals surface area contributed by atoms with Crippen LogP contribution in [0.5, 0.6) is 0 Å². The molecule has 0 heterocycles. The van der Waals surface area contributed by atoms with E-state index < -0.39 is 65.7 Å². The number of hydrogen-bond acceptors (Lipinski definition) is 8. The number of aliphatic carboxylic acids is 1. The quantitative estimate of drug-likeness (QED) is 0.0412. The molecule has 0 aromatic carbocycles. The Morgan fingerprint density at radius 2 is 1.21 bits per heavy atom. The molecule has 16 heteroatoms. The normalized spacial score (nSPS) is 14.6. The van der Waals surface area contributed by atoms with Crippen molar-refractivity contribution in [2.24, 2.45) is 39.8 Å². The van der Waals surface area contributed by atoms with Gasteiger partial charge in [-0.3, -0.25) is 29.0 Å². The highest BCUT2D eigenvalue weighted by atomic mass is 16.4. The van der Waals surface area contributed by atoms with Crippen molar-refractivity contribution in [1.29, 1.82) is 0 Å². The summed E-state index contributed by atoms with van der Waals surface area (Å²) in [5, 5.41) is 19.4. The monoisotopic (exact) mass is 599 g/mol. The molecule has 0 aromatic heterocycles. The third-order valence-electron chi connectivity index (χ3n) is 6.03. The Kier molecular flexibility index (Phi) is 17.4. The van der Waals surface area contributed by atoms with Gasteiger partial charge in [-0.05, 0) is 50.9 Å². The summed E-state index contributed by atoms with van der Waals surface area (Å²) in [6.07, 6.45) is 0.561.